The van der Waals surface area contributed by atoms with E-state index in [0.29, 0.717) is 30.5 Å². The van der Waals surface area contributed by atoms with Crippen LogP contribution in [0.25, 0.3) is 0 Å². The predicted molar refractivity (Wildman–Crippen MR) is 79.2 cm³/mol. The summed E-state index contributed by atoms with van der Waals surface area (Å²) < 4.78 is 10.5. The van der Waals surface area contributed by atoms with E-state index >= 15 is 0 Å². The molecular formula is C14H21ClN2O3. The Morgan fingerprint density at radius 3 is 2.90 bits per heavy atom. The van der Waals surface area contributed by atoms with Crippen molar-refractivity contribution in [2.75, 3.05) is 33.4 Å². The first-order chi connectivity index (χ1) is 9.69. The van der Waals surface area contributed by atoms with Crippen LogP contribution in [-0.4, -0.2) is 39.3 Å². The second kappa shape index (κ2) is 9.58. The van der Waals surface area contributed by atoms with Gasteiger partial charge in [0.05, 0.1) is 6.61 Å². The number of carbonyl (C=O) groups excluding carboxylic acids is 1. The number of carbonyl (C=O) groups is 1. The van der Waals surface area contributed by atoms with Crippen LogP contribution in [0.15, 0.2) is 18.2 Å². The Labute approximate surface area is 124 Å². The average molecular weight is 301 g/mol. The first kappa shape index (κ1) is 16.8. The van der Waals surface area contributed by atoms with Gasteiger partial charge in [0.1, 0.15) is 5.75 Å². The predicted octanol–water partition coefficient (Wildman–Crippen LogP) is 1.59. The summed E-state index contributed by atoms with van der Waals surface area (Å²) in [6.45, 7) is 4.34. The van der Waals surface area contributed by atoms with Crippen molar-refractivity contribution in [1.82, 2.24) is 10.6 Å². The molecule has 1 amide bonds. The number of ether oxygens (including phenoxy) is 2. The first-order valence-corrected chi connectivity index (χ1v) is 6.93. The van der Waals surface area contributed by atoms with Crippen LogP contribution in [0, 0.1) is 0 Å². The topological polar surface area (TPSA) is 59.6 Å². The molecule has 2 N–H and O–H groups in total. The van der Waals surface area contributed by atoms with E-state index in [9.17, 15) is 4.79 Å². The van der Waals surface area contributed by atoms with Gasteiger partial charge in [0.25, 0.3) is 5.91 Å². The summed E-state index contributed by atoms with van der Waals surface area (Å²) in [4.78, 5) is 11.4. The third-order valence-electron chi connectivity index (χ3n) is 2.59. The van der Waals surface area contributed by atoms with Gasteiger partial charge in [-0.25, -0.2) is 0 Å². The third-order valence-corrected chi connectivity index (χ3v) is 2.95. The number of halogens is 1. The van der Waals surface area contributed by atoms with Crippen LogP contribution in [0.1, 0.15) is 12.5 Å². The maximum Gasteiger partial charge on any atom is 0.257 e. The minimum atomic E-state index is -0.147. The van der Waals surface area contributed by atoms with Gasteiger partial charge in [0.2, 0.25) is 0 Å². The number of benzene rings is 1. The summed E-state index contributed by atoms with van der Waals surface area (Å²) in [6, 6.07) is 5.40. The van der Waals surface area contributed by atoms with E-state index in [1.165, 1.54) is 0 Å². The second-order valence-electron chi connectivity index (χ2n) is 4.13. The van der Waals surface area contributed by atoms with E-state index in [-0.39, 0.29) is 12.5 Å². The van der Waals surface area contributed by atoms with E-state index in [0.717, 1.165) is 12.1 Å². The Hall–Kier alpha value is -1.30. The molecule has 0 aliphatic heterocycles. The van der Waals surface area contributed by atoms with Crippen LogP contribution in [0.2, 0.25) is 5.02 Å². The van der Waals surface area contributed by atoms with Gasteiger partial charge in [0, 0.05) is 37.3 Å². The fourth-order valence-corrected chi connectivity index (χ4v) is 1.86. The Bertz CT molecular complexity index is 427. The number of amides is 1. The molecule has 0 aliphatic rings. The molecule has 1 rings (SSSR count). The van der Waals surface area contributed by atoms with Crippen molar-refractivity contribution in [3.63, 3.8) is 0 Å². The minimum absolute atomic E-state index is 0.0146. The monoisotopic (exact) mass is 300 g/mol. The molecule has 0 aromatic heterocycles. The van der Waals surface area contributed by atoms with Crippen molar-refractivity contribution in [3.05, 3.63) is 28.8 Å². The zero-order chi connectivity index (χ0) is 14.8. The molecule has 1 aromatic rings. The van der Waals surface area contributed by atoms with Crippen LogP contribution in [0.5, 0.6) is 5.75 Å². The number of rotatable bonds is 9. The van der Waals surface area contributed by atoms with E-state index in [1.54, 1.807) is 25.3 Å². The van der Waals surface area contributed by atoms with Crippen molar-refractivity contribution in [3.8, 4) is 5.75 Å². The van der Waals surface area contributed by atoms with Crippen LogP contribution in [-0.2, 0) is 16.1 Å². The highest BCUT2D eigenvalue weighted by Crippen LogP contribution is 2.26. The first-order valence-electron chi connectivity index (χ1n) is 6.55. The highest BCUT2D eigenvalue weighted by atomic mass is 35.5. The smallest absolute Gasteiger partial charge is 0.257 e. The van der Waals surface area contributed by atoms with Gasteiger partial charge in [-0.15, -0.1) is 0 Å². The molecule has 20 heavy (non-hydrogen) atoms. The van der Waals surface area contributed by atoms with E-state index in [2.05, 4.69) is 10.6 Å². The number of likely N-dealkylation sites (N-methyl/N-ethyl adjacent to an activating group) is 1. The summed E-state index contributed by atoms with van der Waals surface area (Å²) >= 11 is 6.17. The SMILES string of the molecule is CCNC(=O)COc1cccc(Cl)c1CNCCOC. The molecule has 0 spiro atoms. The fourth-order valence-electron chi connectivity index (χ4n) is 1.62. The molecule has 5 nitrogen and oxygen atoms in total. The van der Waals surface area contributed by atoms with Gasteiger partial charge in [-0.05, 0) is 19.1 Å². The molecule has 6 heteroatoms. The summed E-state index contributed by atoms with van der Waals surface area (Å²) in [7, 11) is 1.65. The Kier molecular flexibility index (Phi) is 8.02. The average Bonchev–Trinajstić information content (AvgIpc) is 2.43. The number of hydrogen-bond acceptors (Lipinski definition) is 4. The molecule has 0 fully saturated rings. The summed E-state index contributed by atoms with van der Waals surface area (Å²) in [5.74, 6) is 0.472. The lowest BCUT2D eigenvalue weighted by molar-refractivity contribution is -0.122. The lowest BCUT2D eigenvalue weighted by Gasteiger charge is -2.13. The van der Waals surface area contributed by atoms with Crippen LogP contribution in [0.3, 0.4) is 0 Å². The number of methoxy groups -OCH3 is 1. The Balaban J connectivity index is 2.60. The van der Waals surface area contributed by atoms with E-state index in [1.807, 2.05) is 6.92 Å². The molecule has 0 bridgehead atoms. The van der Waals surface area contributed by atoms with Crippen LogP contribution in [0.4, 0.5) is 0 Å². The quantitative estimate of drug-likeness (QED) is 0.680. The molecule has 0 atom stereocenters. The van der Waals surface area contributed by atoms with Gasteiger partial charge in [-0.1, -0.05) is 17.7 Å². The fraction of sp³-hybridized carbons (Fsp3) is 0.500. The van der Waals surface area contributed by atoms with Crippen molar-refractivity contribution in [1.29, 1.82) is 0 Å². The second-order valence-corrected chi connectivity index (χ2v) is 4.54. The highest BCUT2D eigenvalue weighted by molar-refractivity contribution is 6.31. The normalized spacial score (nSPS) is 10.3. The van der Waals surface area contributed by atoms with Gasteiger partial charge in [-0.3, -0.25) is 4.79 Å². The summed E-state index contributed by atoms with van der Waals surface area (Å²) in [5.41, 5.74) is 0.842. The molecule has 0 saturated heterocycles. The van der Waals surface area contributed by atoms with Crippen LogP contribution >= 0.6 is 11.6 Å². The Morgan fingerprint density at radius 2 is 2.20 bits per heavy atom. The largest absolute Gasteiger partial charge is 0.483 e. The summed E-state index contributed by atoms with van der Waals surface area (Å²) in [6.07, 6.45) is 0. The molecule has 1 aromatic carbocycles. The Morgan fingerprint density at radius 1 is 1.40 bits per heavy atom. The summed E-state index contributed by atoms with van der Waals surface area (Å²) in [5, 5.41) is 6.50. The number of hydrogen-bond donors (Lipinski definition) is 2. The standard InChI is InChI=1S/C14H21ClN2O3/c1-3-17-14(18)10-20-13-6-4-5-12(15)11(13)9-16-7-8-19-2/h4-6,16H,3,7-10H2,1-2H3,(H,17,18). The third kappa shape index (κ3) is 5.77. The van der Waals surface area contributed by atoms with Gasteiger partial charge in [-0.2, -0.15) is 0 Å². The molecule has 0 heterocycles. The zero-order valence-electron chi connectivity index (χ0n) is 11.9. The maximum absolute atomic E-state index is 11.4. The van der Waals surface area contributed by atoms with E-state index < -0.39 is 0 Å². The van der Waals surface area contributed by atoms with Crippen molar-refractivity contribution >= 4 is 17.5 Å². The molecule has 0 unspecified atom stereocenters. The zero-order valence-corrected chi connectivity index (χ0v) is 12.6. The van der Waals surface area contributed by atoms with Crippen LogP contribution < -0.4 is 15.4 Å². The van der Waals surface area contributed by atoms with Gasteiger partial charge >= 0.3 is 0 Å². The number of nitrogens with one attached hydrogen (secondary N) is 2. The maximum atomic E-state index is 11.4. The highest BCUT2D eigenvalue weighted by Gasteiger charge is 2.09. The van der Waals surface area contributed by atoms with Gasteiger partial charge in [0.15, 0.2) is 6.61 Å². The minimum Gasteiger partial charge on any atom is -0.483 e. The van der Waals surface area contributed by atoms with Crippen molar-refractivity contribution in [2.24, 2.45) is 0 Å². The van der Waals surface area contributed by atoms with Crippen molar-refractivity contribution < 1.29 is 14.3 Å². The lowest BCUT2D eigenvalue weighted by Crippen LogP contribution is -2.28. The van der Waals surface area contributed by atoms with E-state index in [4.69, 9.17) is 21.1 Å². The lowest BCUT2D eigenvalue weighted by atomic mass is 10.2. The van der Waals surface area contributed by atoms with Gasteiger partial charge < -0.3 is 20.1 Å². The molecule has 0 radical (unpaired) electrons. The molecule has 112 valence electrons. The molecule has 0 saturated carbocycles. The van der Waals surface area contributed by atoms with Crippen molar-refractivity contribution in [2.45, 2.75) is 13.5 Å². The molecular weight excluding hydrogens is 280 g/mol. The molecule has 0 aliphatic carbocycles.